The number of hydrogen-bond donors (Lipinski definition) is 2. The van der Waals surface area contributed by atoms with Crippen LogP contribution in [-0.4, -0.2) is 51.0 Å². The number of nitrogens with two attached hydrogens (primary N) is 1. The van der Waals surface area contributed by atoms with Crippen molar-refractivity contribution in [2.45, 2.75) is 23.8 Å². The SMILES string of the molecule is CN(CCNS(=O)(=O)CCSc1cccc(N)c1)C1CC1. The number of likely N-dealkylation sites (N-methyl/N-ethyl adjacent to an activating group) is 1. The zero-order chi connectivity index (χ0) is 15.3. The maximum atomic E-state index is 11.9. The second-order valence-electron chi connectivity index (χ2n) is 5.35. The van der Waals surface area contributed by atoms with Crippen molar-refractivity contribution in [3.63, 3.8) is 0 Å². The molecule has 1 saturated carbocycles. The van der Waals surface area contributed by atoms with Gasteiger partial charge in [-0.2, -0.15) is 0 Å². The van der Waals surface area contributed by atoms with Gasteiger partial charge in [0.15, 0.2) is 0 Å². The average Bonchev–Trinajstić information content (AvgIpc) is 3.22. The second-order valence-corrected chi connectivity index (χ2v) is 8.44. The summed E-state index contributed by atoms with van der Waals surface area (Å²) in [4.78, 5) is 3.21. The standard InChI is InChI=1S/C14H23N3O2S2/c1-17(13-5-6-13)8-7-16-21(18,19)10-9-20-14-4-2-3-12(15)11-14/h2-4,11,13,16H,5-10,15H2,1H3. The Balaban J connectivity index is 1.66. The fourth-order valence-electron chi connectivity index (χ4n) is 2.02. The molecule has 1 aromatic carbocycles. The molecule has 0 radical (unpaired) electrons. The zero-order valence-corrected chi connectivity index (χ0v) is 13.9. The maximum Gasteiger partial charge on any atom is 0.212 e. The molecule has 2 rings (SSSR count). The van der Waals surface area contributed by atoms with Crippen molar-refractivity contribution in [3.05, 3.63) is 24.3 Å². The van der Waals surface area contributed by atoms with Gasteiger partial charge in [-0.15, -0.1) is 11.8 Å². The summed E-state index contributed by atoms with van der Waals surface area (Å²) in [6.45, 7) is 1.25. The van der Waals surface area contributed by atoms with E-state index in [2.05, 4.69) is 9.62 Å². The van der Waals surface area contributed by atoms with Crippen LogP contribution in [-0.2, 0) is 10.0 Å². The van der Waals surface area contributed by atoms with Crippen LogP contribution in [0.4, 0.5) is 5.69 Å². The van der Waals surface area contributed by atoms with E-state index in [4.69, 9.17) is 5.73 Å². The van der Waals surface area contributed by atoms with E-state index in [0.29, 0.717) is 24.0 Å². The highest BCUT2D eigenvalue weighted by molar-refractivity contribution is 8.00. The summed E-state index contributed by atoms with van der Waals surface area (Å²) < 4.78 is 26.4. The largest absolute Gasteiger partial charge is 0.399 e. The fourth-order valence-corrected chi connectivity index (χ4v) is 4.41. The van der Waals surface area contributed by atoms with Crippen molar-refractivity contribution in [1.29, 1.82) is 0 Å². The number of nitrogens with one attached hydrogen (secondary N) is 1. The van der Waals surface area contributed by atoms with Gasteiger partial charge in [0.2, 0.25) is 10.0 Å². The molecule has 0 atom stereocenters. The minimum absolute atomic E-state index is 0.125. The molecule has 0 aromatic heterocycles. The minimum Gasteiger partial charge on any atom is -0.399 e. The number of anilines is 1. The van der Waals surface area contributed by atoms with Gasteiger partial charge in [0.25, 0.3) is 0 Å². The van der Waals surface area contributed by atoms with Crippen molar-refractivity contribution < 1.29 is 8.42 Å². The van der Waals surface area contributed by atoms with Crippen LogP contribution in [0.15, 0.2) is 29.2 Å². The third-order valence-electron chi connectivity index (χ3n) is 3.44. The zero-order valence-electron chi connectivity index (χ0n) is 12.3. The maximum absolute atomic E-state index is 11.9. The van der Waals surface area contributed by atoms with E-state index in [1.807, 2.05) is 31.3 Å². The minimum atomic E-state index is -3.19. The van der Waals surface area contributed by atoms with Crippen molar-refractivity contribution in [3.8, 4) is 0 Å². The number of nitrogens with zero attached hydrogens (tertiary/aromatic N) is 1. The average molecular weight is 329 g/mol. The predicted octanol–water partition coefficient (Wildman–Crippen LogP) is 1.37. The molecule has 1 aliphatic carbocycles. The van der Waals surface area contributed by atoms with Crippen LogP contribution in [0.25, 0.3) is 0 Å². The highest BCUT2D eigenvalue weighted by Crippen LogP contribution is 2.24. The van der Waals surface area contributed by atoms with Gasteiger partial charge in [-0.25, -0.2) is 13.1 Å². The summed E-state index contributed by atoms with van der Waals surface area (Å²) in [5.74, 6) is 0.650. The fraction of sp³-hybridized carbons (Fsp3) is 0.571. The lowest BCUT2D eigenvalue weighted by atomic mass is 10.3. The summed E-state index contributed by atoms with van der Waals surface area (Å²) in [6.07, 6.45) is 2.47. The van der Waals surface area contributed by atoms with Gasteiger partial charge < -0.3 is 10.6 Å². The number of thioether (sulfide) groups is 1. The van der Waals surface area contributed by atoms with Crippen LogP contribution in [0.2, 0.25) is 0 Å². The van der Waals surface area contributed by atoms with Crippen LogP contribution >= 0.6 is 11.8 Å². The summed E-state index contributed by atoms with van der Waals surface area (Å²) in [5.41, 5.74) is 6.39. The molecule has 7 heteroatoms. The summed E-state index contributed by atoms with van der Waals surface area (Å²) >= 11 is 1.51. The lowest BCUT2D eigenvalue weighted by Gasteiger charge is -2.15. The molecular formula is C14H23N3O2S2. The molecule has 0 amide bonds. The summed E-state index contributed by atoms with van der Waals surface area (Å²) in [6, 6.07) is 8.14. The van der Waals surface area contributed by atoms with Crippen molar-refractivity contribution >= 4 is 27.5 Å². The first-order chi connectivity index (χ1) is 9.96. The normalized spacial score (nSPS) is 15.5. The Morgan fingerprint density at radius 3 is 2.86 bits per heavy atom. The predicted molar refractivity (Wildman–Crippen MR) is 89.0 cm³/mol. The first-order valence-electron chi connectivity index (χ1n) is 7.12. The molecule has 0 saturated heterocycles. The van der Waals surface area contributed by atoms with Crippen LogP contribution < -0.4 is 10.5 Å². The Morgan fingerprint density at radius 1 is 1.43 bits per heavy atom. The number of hydrogen-bond acceptors (Lipinski definition) is 5. The molecule has 0 spiro atoms. The highest BCUT2D eigenvalue weighted by Gasteiger charge is 2.25. The first-order valence-corrected chi connectivity index (χ1v) is 9.76. The summed E-state index contributed by atoms with van der Waals surface area (Å²) in [5, 5.41) is 0. The van der Waals surface area contributed by atoms with Crippen molar-refractivity contribution in [2.24, 2.45) is 0 Å². The van der Waals surface area contributed by atoms with Crippen LogP contribution in [0.1, 0.15) is 12.8 Å². The van der Waals surface area contributed by atoms with E-state index in [1.165, 1.54) is 24.6 Å². The van der Waals surface area contributed by atoms with E-state index in [9.17, 15) is 8.42 Å². The number of nitrogen functional groups attached to an aromatic ring is 1. The van der Waals surface area contributed by atoms with Gasteiger partial charge in [0, 0.05) is 35.5 Å². The van der Waals surface area contributed by atoms with Gasteiger partial charge in [-0.05, 0) is 38.1 Å². The quantitative estimate of drug-likeness (QED) is 0.529. The van der Waals surface area contributed by atoms with E-state index < -0.39 is 10.0 Å². The molecular weight excluding hydrogens is 306 g/mol. The molecule has 0 unspecified atom stereocenters. The van der Waals surface area contributed by atoms with Gasteiger partial charge in [0.05, 0.1) is 5.75 Å². The molecule has 1 aromatic rings. The molecule has 21 heavy (non-hydrogen) atoms. The van der Waals surface area contributed by atoms with Crippen LogP contribution in [0.3, 0.4) is 0 Å². The van der Waals surface area contributed by atoms with E-state index >= 15 is 0 Å². The molecule has 1 fully saturated rings. The lowest BCUT2D eigenvalue weighted by molar-refractivity contribution is 0.329. The van der Waals surface area contributed by atoms with E-state index in [-0.39, 0.29) is 5.75 Å². The van der Waals surface area contributed by atoms with E-state index in [0.717, 1.165) is 11.4 Å². The molecule has 118 valence electrons. The number of benzene rings is 1. The monoisotopic (exact) mass is 329 g/mol. The Hall–Kier alpha value is -0.760. The van der Waals surface area contributed by atoms with Gasteiger partial charge in [-0.3, -0.25) is 0 Å². The third-order valence-corrected chi connectivity index (χ3v) is 6.08. The lowest BCUT2D eigenvalue weighted by Crippen LogP contribution is -2.35. The topological polar surface area (TPSA) is 75.4 Å². The van der Waals surface area contributed by atoms with Gasteiger partial charge >= 0.3 is 0 Å². The molecule has 0 aliphatic heterocycles. The Kier molecular flexibility index (Phi) is 5.92. The second kappa shape index (κ2) is 7.49. The third kappa shape index (κ3) is 6.25. The highest BCUT2D eigenvalue weighted by atomic mass is 32.2. The Labute approximate surface area is 131 Å². The smallest absolute Gasteiger partial charge is 0.212 e. The first kappa shape index (κ1) is 16.6. The molecule has 5 nitrogen and oxygen atoms in total. The van der Waals surface area contributed by atoms with Crippen molar-refractivity contribution in [1.82, 2.24) is 9.62 Å². The molecule has 0 heterocycles. The number of sulfonamides is 1. The van der Waals surface area contributed by atoms with Gasteiger partial charge in [-0.1, -0.05) is 6.07 Å². The van der Waals surface area contributed by atoms with Crippen LogP contribution in [0.5, 0.6) is 0 Å². The Morgan fingerprint density at radius 2 is 2.19 bits per heavy atom. The molecule has 1 aliphatic rings. The molecule has 0 bridgehead atoms. The van der Waals surface area contributed by atoms with E-state index in [1.54, 1.807) is 0 Å². The van der Waals surface area contributed by atoms with Gasteiger partial charge in [0.1, 0.15) is 0 Å². The number of rotatable bonds is 9. The van der Waals surface area contributed by atoms with Crippen molar-refractivity contribution in [2.75, 3.05) is 37.4 Å². The van der Waals surface area contributed by atoms with Crippen LogP contribution in [0, 0.1) is 0 Å². The molecule has 3 N–H and O–H groups in total. The Bertz CT molecular complexity index is 559. The summed E-state index contributed by atoms with van der Waals surface area (Å²) in [7, 11) is -1.15.